The van der Waals surface area contributed by atoms with Gasteiger partial charge < -0.3 is 5.73 Å². The van der Waals surface area contributed by atoms with Crippen molar-refractivity contribution in [1.29, 1.82) is 0 Å². The Hall–Kier alpha value is 0.0500. The Balaban J connectivity index is 2.30. The molecule has 0 amide bonds. The fourth-order valence-electron chi connectivity index (χ4n) is 1.35. The van der Waals surface area contributed by atoms with Crippen molar-refractivity contribution in [2.75, 3.05) is 13.1 Å². The zero-order valence-corrected chi connectivity index (χ0v) is 11.3. The van der Waals surface area contributed by atoms with Crippen LogP contribution >= 0.6 is 27.3 Å². The van der Waals surface area contributed by atoms with Crippen LogP contribution in [0.5, 0.6) is 0 Å². The predicted octanol–water partition coefficient (Wildman–Crippen LogP) is 1.15. The van der Waals surface area contributed by atoms with Crippen molar-refractivity contribution in [2.45, 2.75) is 17.2 Å². The molecule has 1 aromatic heterocycles. The molecule has 15 heavy (non-hydrogen) atoms. The lowest BCUT2D eigenvalue weighted by Crippen LogP contribution is -2.57. The van der Waals surface area contributed by atoms with Gasteiger partial charge in [-0.1, -0.05) is 0 Å². The molecule has 7 heteroatoms. The summed E-state index contributed by atoms with van der Waals surface area (Å²) < 4.78 is 26.6. The summed E-state index contributed by atoms with van der Waals surface area (Å²) in [5.41, 5.74) is 6.51. The molecule has 2 heterocycles. The van der Waals surface area contributed by atoms with Crippen LogP contribution in [0.25, 0.3) is 0 Å². The van der Waals surface area contributed by atoms with E-state index in [1.54, 1.807) is 6.07 Å². The molecule has 2 N–H and O–H groups in total. The first kappa shape index (κ1) is 11.5. The first-order valence-corrected chi connectivity index (χ1v) is 7.48. The zero-order chi connectivity index (χ0) is 11.2. The van der Waals surface area contributed by atoms with Gasteiger partial charge in [0.25, 0.3) is 10.0 Å². The second-order valence-corrected chi connectivity index (χ2v) is 8.14. The molecule has 1 aliphatic rings. The minimum absolute atomic E-state index is 0.00993. The number of nitrogens with zero attached hydrogens (tertiary/aromatic N) is 1. The second kappa shape index (κ2) is 3.81. The van der Waals surface area contributed by atoms with Gasteiger partial charge in [-0.2, -0.15) is 4.31 Å². The van der Waals surface area contributed by atoms with Gasteiger partial charge in [0.05, 0.1) is 3.79 Å². The van der Waals surface area contributed by atoms with Crippen molar-refractivity contribution >= 4 is 37.3 Å². The third-order valence-corrected chi connectivity index (χ3v) is 6.72. The van der Waals surface area contributed by atoms with E-state index in [0.29, 0.717) is 17.3 Å². The smallest absolute Gasteiger partial charge is 0.252 e. The summed E-state index contributed by atoms with van der Waals surface area (Å²) in [7, 11) is -3.29. The highest BCUT2D eigenvalue weighted by atomic mass is 79.9. The van der Waals surface area contributed by atoms with Gasteiger partial charge in [-0.3, -0.25) is 0 Å². The van der Waals surface area contributed by atoms with Crippen molar-refractivity contribution in [3.63, 3.8) is 0 Å². The van der Waals surface area contributed by atoms with Crippen LogP contribution in [0, 0.1) is 6.92 Å². The van der Waals surface area contributed by atoms with Crippen LogP contribution in [-0.2, 0) is 10.0 Å². The van der Waals surface area contributed by atoms with Crippen molar-refractivity contribution in [3.8, 4) is 0 Å². The van der Waals surface area contributed by atoms with E-state index in [1.165, 1.54) is 15.6 Å². The summed E-state index contributed by atoms with van der Waals surface area (Å²) >= 11 is 4.57. The van der Waals surface area contributed by atoms with Crippen molar-refractivity contribution in [2.24, 2.45) is 5.73 Å². The SMILES string of the molecule is Cc1cc(S(=O)(=O)N2CC(N)C2)sc1Br. The summed E-state index contributed by atoms with van der Waals surface area (Å²) in [6.07, 6.45) is 0. The maximum atomic E-state index is 12.0. The molecule has 1 aliphatic heterocycles. The quantitative estimate of drug-likeness (QED) is 0.891. The van der Waals surface area contributed by atoms with Crippen LogP contribution in [0.2, 0.25) is 0 Å². The minimum Gasteiger partial charge on any atom is -0.325 e. The first-order valence-electron chi connectivity index (χ1n) is 4.43. The normalized spacial score (nSPS) is 19.1. The first-order chi connectivity index (χ1) is 6.91. The van der Waals surface area contributed by atoms with Gasteiger partial charge in [0, 0.05) is 19.1 Å². The Morgan fingerprint density at radius 2 is 2.20 bits per heavy atom. The highest BCUT2D eigenvalue weighted by Gasteiger charge is 2.35. The van der Waals surface area contributed by atoms with Gasteiger partial charge in [-0.15, -0.1) is 11.3 Å². The van der Waals surface area contributed by atoms with E-state index in [0.717, 1.165) is 9.35 Å². The zero-order valence-electron chi connectivity index (χ0n) is 8.10. The lowest BCUT2D eigenvalue weighted by molar-refractivity contribution is 0.266. The predicted molar refractivity (Wildman–Crippen MR) is 63.5 cm³/mol. The summed E-state index contributed by atoms with van der Waals surface area (Å²) in [5, 5.41) is 0. The highest BCUT2D eigenvalue weighted by molar-refractivity contribution is 9.11. The number of nitrogens with two attached hydrogens (primary N) is 1. The monoisotopic (exact) mass is 310 g/mol. The van der Waals surface area contributed by atoms with E-state index < -0.39 is 10.0 Å². The second-order valence-electron chi connectivity index (χ2n) is 3.60. The van der Waals surface area contributed by atoms with Crippen LogP contribution in [0.15, 0.2) is 14.1 Å². The molecule has 4 nitrogen and oxygen atoms in total. The fraction of sp³-hybridized carbons (Fsp3) is 0.500. The van der Waals surface area contributed by atoms with Crippen LogP contribution < -0.4 is 5.73 Å². The lowest BCUT2D eigenvalue weighted by Gasteiger charge is -2.34. The van der Waals surface area contributed by atoms with E-state index in [9.17, 15) is 8.42 Å². The summed E-state index contributed by atoms with van der Waals surface area (Å²) in [6.45, 7) is 2.73. The van der Waals surface area contributed by atoms with Crippen molar-refractivity contribution in [1.82, 2.24) is 4.31 Å². The van der Waals surface area contributed by atoms with Gasteiger partial charge in [0.2, 0.25) is 0 Å². The molecule has 0 unspecified atom stereocenters. The minimum atomic E-state index is -3.29. The molecule has 1 fully saturated rings. The molecule has 0 aliphatic carbocycles. The Kier molecular flexibility index (Phi) is 2.93. The largest absolute Gasteiger partial charge is 0.325 e. The summed E-state index contributed by atoms with van der Waals surface area (Å²) in [4.78, 5) is 0. The van der Waals surface area contributed by atoms with Gasteiger partial charge in [-0.25, -0.2) is 8.42 Å². The lowest BCUT2D eigenvalue weighted by atomic mass is 10.2. The number of sulfonamides is 1. The van der Waals surface area contributed by atoms with E-state index in [1.807, 2.05) is 6.92 Å². The number of halogens is 1. The van der Waals surface area contributed by atoms with E-state index in [-0.39, 0.29) is 6.04 Å². The number of aryl methyl sites for hydroxylation is 1. The molecule has 0 radical (unpaired) electrons. The molecule has 84 valence electrons. The van der Waals surface area contributed by atoms with Gasteiger partial charge in [0.1, 0.15) is 4.21 Å². The maximum Gasteiger partial charge on any atom is 0.252 e. The molecule has 1 aromatic rings. The standard InChI is InChI=1S/C8H11BrN2O2S2/c1-5-2-7(14-8(5)9)15(12,13)11-3-6(10)4-11/h2,6H,3-4,10H2,1H3. The van der Waals surface area contributed by atoms with Crippen LogP contribution in [0.4, 0.5) is 0 Å². The Labute approximate surface area is 101 Å². The topological polar surface area (TPSA) is 63.4 Å². The van der Waals surface area contributed by atoms with Crippen LogP contribution in [0.1, 0.15) is 5.56 Å². The van der Waals surface area contributed by atoms with Crippen LogP contribution in [-0.4, -0.2) is 31.9 Å². The third kappa shape index (κ3) is 1.99. The Morgan fingerprint density at radius 3 is 2.60 bits per heavy atom. The summed E-state index contributed by atoms with van der Waals surface area (Å²) in [6, 6.07) is 1.68. The molecular weight excluding hydrogens is 300 g/mol. The number of thiophene rings is 1. The Bertz CT molecular complexity index is 457. The Morgan fingerprint density at radius 1 is 1.60 bits per heavy atom. The van der Waals surface area contributed by atoms with E-state index >= 15 is 0 Å². The molecule has 0 bridgehead atoms. The number of hydrogen-bond donors (Lipinski definition) is 1. The molecular formula is C8H11BrN2O2S2. The van der Waals surface area contributed by atoms with Gasteiger partial charge in [-0.05, 0) is 34.5 Å². The third-order valence-electron chi connectivity index (χ3n) is 2.31. The average Bonchev–Trinajstić information content (AvgIpc) is 2.42. The maximum absolute atomic E-state index is 12.0. The fourth-order valence-corrected chi connectivity index (χ4v) is 5.29. The van der Waals surface area contributed by atoms with E-state index in [2.05, 4.69) is 15.9 Å². The molecule has 0 saturated carbocycles. The highest BCUT2D eigenvalue weighted by Crippen LogP contribution is 2.33. The number of rotatable bonds is 2. The van der Waals surface area contributed by atoms with Crippen molar-refractivity contribution in [3.05, 3.63) is 15.4 Å². The van der Waals surface area contributed by atoms with Crippen molar-refractivity contribution < 1.29 is 8.42 Å². The van der Waals surface area contributed by atoms with Crippen LogP contribution in [0.3, 0.4) is 0 Å². The average molecular weight is 311 g/mol. The molecule has 0 atom stereocenters. The summed E-state index contributed by atoms with van der Waals surface area (Å²) in [5.74, 6) is 0. The molecule has 0 aromatic carbocycles. The van der Waals surface area contributed by atoms with E-state index in [4.69, 9.17) is 5.73 Å². The molecule has 1 saturated heterocycles. The van der Waals surface area contributed by atoms with Gasteiger partial charge >= 0.3 is 0 Å². The van der Waals surface area contributed by atoms with Gasteiger partial charge in [0.15, 0.2) is 0 Å². The molecule has 2 rings (SSSR count). The molecule has 0 spiro atoms. The number of hydrogen-bond acceptors (Lipinski definition) is 4.